The highest BCUT2D eigenvalue weighted by molar-refractivity contribution is 7.11. The van der Waals surface area contributed by atoms with Crippen LogP contribution in [0.2, 0.25) is 0 Å². The first-order valence-corrected chi connectivity index (χ1v) is 5.80. The normalized spacial score (nSPS) is 10.6. The number of halogens is 1. The fraction of sp³-hybridized carbons (Fsp3) is 0.273. The second kappa shape index (κ2) is 5.14. The summed E-state index contributed by atoms with van der Waals surface area (Å²) >= 11 is 1.55. The number of hydrogen-bond donors (Lipinski definition) is 1. The lowest BCUT2D eigenvalue weighted by molar-refractivity contribution is 0.626. The molecule has 0 aliphatic heterocycles. The van der Waals surface area contributed by atoms with Gasteiger partial charge in [-0.3, -0.25) is 0 Å². The van der Waals surface area contributed by atoms with Gasteiger partial charge in [-0.15, -0.1) is 10.2 Å². The molecular weight excluding hydrogens is 225 g/mol. The molecule has 16 heavy (non-hydrogen) atoms. The van der Waals surface area contributed by atoms with Crippen molar-refractivity contribution >= 4 is 11.3 Å². The molecule has 1 aromatic carbocycles. The monoisotopic (exact) mass is 237 g/mol. The number of hydrogen-bond acceptors (Lipinski definition) is 4. The number of nitrogens with zero attached hydrogens (tertiary/aromatic N) is 2. The zero-order valence-electron chi connectivity index (χ0n) is 8.90. The van der Waals surface area contributed by atoms with Crippen molar-refractivity contribution in [3.63, 3.8) is 0 Å². The van der Waals surface area contributed by atoms with E-state index < -0.39 is 0 Å². The molecule has 2 aromatic rings. The third kappa shape index (κ3) is 2.84. The van der Waals surface area contributed by atoms with Crippen molar-refractivity contribution < 1.29 is 4.39 Å². The van der Waals surface area contributed by atoms with Crippen molar-refractivity contribution in [2.45, 2.75) is 13.0 Å². The van der Waals surface area contributed by atoms with E-state index in [1.807, 2.05) is 13.1 Å². The Bertz CT molecular complexity index is 470. The summed E-state index contributed by atoms with van der Waals surface area (Å²) < 4.78 is 13.0. The number of nitrogens with one attached hydrogen (secondary N) is 1. The summed E-state index contributed by atoms with van der Waals surface area (Å²) in [6, 6.07) is 6.57. The SMILES string of the molecule is CNCc1nnc(Cc2cccc(F)c2)s1. The van der Waals surface area contributed by atoms with Gasteiger partial charge in [-0.25, -0.2) is 4.39 Å². The van der Waals surface area contributed by atoms with E-state index in [4.69, 9.17) is 0 Å². The maximum absolute atomic E-state index is 13.0. The lowest BCUT2D eigenvalue weighted by Gasteiger charge is -1.96. The van der Waals surface area contributed by atoms with Crippen LogP contribution in [0.1, 0.15) is 15.6 Å². The predicted octanol–water partition coefficient (Wildman–Crippen LogP) is 1.99. The summed E-state index contributed by atoms with van der Waals surface area (Å²) in [5.41, 5.74) is 0.923. The summed E-state index contributed by atoms with van der Waals surface area (Å²) in [5.74, 6) is -0.211. The van der Waals surface area contributed by atoms with Gasteiger partial charge in [0.05, 0.1) is 0 Å². The van der Waals surface area contributed by atoms with E-state index >= 15 is 0 Å². The van der Waals surface area contributed by atoms with Crippen LogP contribution >= 0.6 is 11.3 Å². The smallest absolute Gasteiger partial charge is 0.131 e. The fourth-order valence-electron chi connectivity index (χ4n) is 1.40. The molecule has 1 heterocycles. The fourth-order valence-corrected chi connectivity index (χ4v) is 2.29. The Hall–Kier alpha value is -1.33. The molecule has 0 bridgehead atoms. The molecule has 0 aliphatic carbocycles. The highest BCUT2D eigenvalue weighted by Crippen LogP contribution is 2.15. The molecule has 0 radical (unpaired) electrons. The first kappa shape index (κ1) is 11.2. The summed E-state index contributed by atoms with van der Waals surface area (Å²) in [6.45, 7) is 0.723. The van der Waals surface area contributed by atoms with E-state index in [2.05, 4.69) is 15.5 Å². The Morgan fingerprint density at radius 1 is 1.31 bits per heavy atom. The van der Waals surface area contributed by atoms with Gasteiger partial charge in [-0.05, 0) is 24.7 Å². The van der Waals surface area contributed by atoms with Gasteiger partial charge in [0.1, 0.15) is 15.8 Å². The minimum Gasteiger partial charge on any atom is -0.313 e. The molecule has 0 unspecified atom stereocenters. The summed E-state index contributed by atoms with van der Waals surface area (Å²) in [7, 11) is 1.87. The van der Waals surface area contributed by atoms with Gasteiger partial charge in [0.25, 0.3) is 0 Å². The largest absolute Gasteiger partial charge is 0.313 e. The zero-order chi connectivity index (χ0) is 11.4. The molecule has 0 spiro atoms. The van der Waals surface area contributed by atoms with Crippen LogP contribution in [0.4, 0.5) is 4.39 Å². The average Bonchev–Trinajstić information content (AvgIpc) is 2.66. The minimum atomic E-state index is -0.211. The van der Waals surface area contributed by atoms with E-state index in [9.17, 15) is 4.39 Å². The highest BCUT2D eigenvalue weighted by atomic mass is 32.1. The summed E-state index contributed by atoms with van der Waals surface area (Å²) in [5, 5.41) is 13.0. The number of rotatable bonds is 4. The van der Waals surface area contributed by atoms with Crippen molar-refractivity contribution in [1.82, 2.24) is 15.5 Å². The van der Waals surface area contributed by atoms with Crippen molar-refractivity contribution in [2.75, 3.05) is 7.05 Å². The molecule has 0 saturated carbocycles. The first-order valence-electron chi connectivity index (χ1n) is 4.98. The Kier molecular flexibility index (Phi) is 3.58. The lowest BCUT2D eigenvalue weighted by atomic mass is 10.1. The van der Waals surface area contributed by atoms with Crippen LogP contribution in [0, 0.1) is 5.82 Å². The van der Waals surface area contributed by atoms with Crippen LogP contribution in [0.3, 0.4) is 0 Å². The average molecular weight is 237 g/mol. The van der Waals surface area contributed by atoms with Gasteiger partial charge in [0, 0.05) is 13.0 Å². The van der Waals surface area contributed by atoms with E-state index in [0.29, 0.717) is 6.42 Å². The molecule has 1 aromatic heterocycles. The van der Waals surface area contributed by atoms with Crippen LogP contribution in [-0.2, 0) is 13.0 Å². The van der Waals surface area contributed by atoms with Crippen molar-refractivity contribution in [3.8, 4) is 0 Å². The molecule has 5 heteroatoms. The van der Waals surface area contributed by atoms with Gasteiger partial charge >= 0.3 is 0 Å². The van der Waals surface area contributed by atoms with E-state index in [0.717, 1.165) is 22.1 Å². The van der Waals surface area contributed by atoms with Gasteiger partial charge < -0.3 is 5.32 Å². The molecule has 2 rings (SSSR count). The molecule has 0 aliphatic rings. The van der Waals surface area contributed by atoms with Crippen LogP contribution in [0.15, 0.2) is 24.3 Å². The van der Waals surface area contributed by atoms with E-state index in [1.54, 1.807) is 17.4 Å². The Morgan fingerprint density at radius 2 is 2.12 bits per heavy atom. The Balaban J connectivity index is 2.08. The number of aromatic nitrogens is 2. The highest BCUT2D eigenvalue weighted by Gasteiger charge is 2.04. The molecule has 0 atom stereocenters. The quantitative estimate of drug-likeness (QED) is 0.883. The van der Waals surface area contributed by atoms with Crippen LogP contribution in [0.5, 0.6) is 0 Å². The third-order valence-corrected chi connectivity index (χ3v) is 3.00. The second-order valence-electron chi connectivity index (χ2n) is 3.43. The minimum absolute atomic E-state index is 0.211. The molecular formula is C11H12FN3S. The van der Waals surface area contributed by atoms with Crippen molar-refractivity contribution in [1.29, 1.82) is 0 Å². The summed E-state index contributed by atoms with van der Waals surface area (Å²) in [6.07, 6.45) is 0.638. The van der Waals surface area contributed by atoms with Gasteiger partial charge in [-0.1, -0.05) is 23.5 Å². The summed E-state index contributed by atoms with van der Waals surface area (Å²) in [4.78, 5) is 0. The number of benzene rings is 1. The van der Waals surface area contributed by atoms with E-state index in [-0.39, 0.29) is 5.82 Å². The topological polar surface area (TPSA) is 37.8 Å². The molecule has 0 amide bonds. The van der Waals surface area contributed by atoms with Gasteiger partial charge in [0.2, 0.25) is 0 Å². The van der Waals surface area contributed by atoms with Gasteiger partial charge in [-0.2, -0.15) is 0 Å². The lowest BCUT2D eigenvalue weighted by Crippen LogP contribution is -2.04. The van der Waals surface area contributed by atoms with Crippen LogP contribution < -0.4 is 5.32 Å². The molecule has 0 fully saturated rings. The van der Waals surface area contributed by atoms with Crippen molar-refractivity contribution in [3.05, 3.63) is 45.7 Å². The molecule has 84 valence electrons. The first-order chi connectivity index (χ1) is 7.78. The van der Waals surface area contributed by atoms with Gasteiger partial charge in [0.15, 0.2) is 0 Å². The van der Waals surface area contributed by atoms with Crippen LogP contribution in [-0.4, -0.2) is 17.2 Å². The van der Waals surface area contributed by atoms with E-state index in [1.165, 1.54) is 12.1 Å². The standard InChI is InChI=1S/C11H12FN3S/c1-13-7-11-15-14-10(16-11)6-8-3-2-4-9(12)5-8/h2-5,13H,6-7H2,1H3. The Labute approximate surface area is 97.3 Å². The zero-order valence-corrected chi connectivity index (χ0v) is 9.72. The third-order valence-electron chi connectivity index (χ3n) is 2.08. The predicted molar refractivity (Wildman–Crippen MR) is 61.9 cm³/mol. The second-order valence-corrected chi connectivity index (χ2v) is 4.57. The molecule has 3 nitrogen and oxygen atoms in total. The molecule has 0 saturated heterocycles. The van der Waals surface area contributed by atoms with Crippen LogP contribution in [0.25, 0.3) is 0 Å². The molecule has 1 N–H and O–H groups in total. The maximum atomic E-state index is 13.0. The van der Waals surface area contributed by atoms with Crippen molar-refractivity contribution in [2.24, 2.45) is 0 Å². The Morgan fingerprint density at radius 3 is 2.88 bits per heavy atom. The maximum Gasteiger partial charge on any atom is 0.131 e.